The van der Waals surface area contributed by atoms with Gasteiger partial charge in [-0.2, -0.15) is 0 Å². The molecule has 2 atom stereocenters. The average molecular weight is 388 g/mol. The van der Waals surface area contributed by atoms with E-state index in [0.29, 0.717) is 30.9 Å². The normalized spacial score (nSPS) is 22.9. The number of ether oxygens (including phenoxy) is 1. The Morgan fingerprint density at radius 2 is 1.82 bits per heavy atom. The minimum absolute atomic E-state index is 0.0373. The summed E-state index contributed by atoms with van der Waals surface area (Å²) in [4.78, 5) is 28.0. The van der Waals surface area contributed by atoms with Gasteiger partial charge in [-0.05, 0) is 43.2 Å². The number of rotatable bonds is 6. The molecule has 0 bridgehead atoms. The highest BCUT2D eigenvalue weighted by Crippen LogP contribution is 2.36. The van der Waals surface area contributed by atoms with Crippen molar-refractivity contribution in [1.82, 2.24) is 15.1 Å². The van der Waals surface area contributed by atoms with Crippen molar-refractivity contribution >= 4 is 11.9 Å². The first-order valence-corrected chi connectivity index (χ1v) is 10.5. The molecule has 1 N–H and O–H groups in total. The molecule has 0 radical (unpaired) electrons. The van der Waals surface area contributed by atoms with Crippen LogP contribution in [0.3, 0.4) is 0 Å². The smallest absolute Gasteiger partial charge is 0.317 e. The molecule has 0 saturated carbocycles. The van der Waals surface area contributed by atoms with Crippen molar-refractivity contribution in [1.29, 1.82) is 0 Å². The zero-order valence-electron chi connectivity index (χ0n) is 17.1. The number of carbonyl (C=O) groups excluding carboxylic acids is 2. The van der Waals surface area contributed by atoms with E-state index < -0.39 is 0 Å². The highest BCUT2D eigenvalue weighted by Gasteiger charge is 2.41. The van der Waals surface area contributed by atoms with Crippen molar-refractivity contribution in [2.45, 2.75) is 33.1 Å². The van der Waals surface area contributed by atoms with Crippen LogP contribution in [0.1, 0.15) is 33.1 Å². The van der Waals surface area contributed by atoms with E-state index in [9.17, 15) is 9.59 Å². The van der Waals surface area contributed by atoms with Gasteiger partial charge in [0.2, 0.25) is 5.91 Å². The molecule has 2 aliphatic heterocycles. The summed E-state index contributed by atoms with van der Waals surface area (Å²) in [6.45, 7) is 8.21. The van der Waals surface area contributed by atoms with E-state index in [4.69, 9.17) is 4.74 Å². The Bertz CT molecular complexity index is 644. The molecule has 1 aromatic carbocycles. The molecule has 154 valence electrons. The number of piperidine rings is 1. The highest BCUT2D eigenvalue weighted by atomic mass is 16.5. The van der Waals surface area contributed by atoms with Crippen LogP contribution in [0.4, 0.5) is 4.79 Å². The first kappa shape index (κ1) is 20.5. The van der Waals surface area contributed by atoms with Crippen LogP contribution in [0.15, 0.2) is 30.3 Å². The van der Waals surface area contributed by atoms with Gasteiger partial charge in [-0.3, -0.25) is 4.79 Å². The molecule has 0 aromatic heterocycles. The van der Waals surface area contributed by atoms with Crippen molar-refractivity contribution in [3.8, 4) is 5.75 Å². The van der Waals surface area contributed by atoms with E-state index in [1.54, 1.807) is 6.92 Å². The molecule has 6 nitrogen and oxygen atoms in total. The number of hydrogen-bond donors (Lipinski definition) is 1. The van der Waals surface area contributed by atoms with Crippen LogP contribution in [-0.2, 0) is 4.79 Å². The van der Waals surface area contributed by atoms with Gasteiger partial charge in [0.15, 0.2) is 0 Å². The fourth-order valence-electron chi connectivity index (χ4n) is 4.48. The lowest BCUT2D eigenvalue weighted by molar-refractivity contribution is -0.130. The quantitative estimate of drug-likeness (QED) is 0.816. The molecule has 2 fully saturated rings. The fourth-order valence-corrected chi connectivity index (χ4v) is 4.48. The topological polar surface area (TPSA) is 61.9 Å². The van der Waals surface area contributed by atoms with Crippen LogP contribution in [0.5, 0.6) is 5.75 Å². The molecule has 3 rings (SSSR count). The molecule has 0 unspecified atom stereocenters. The Morgan fingerprint density at radius 1 is 1.11 bits per heavy atom. The maximum Gasteiger partial charge on any atom is 0.317 e. The number of hydrogen-bond acceptors (Lipinski definition) is 3. The average Bonchev–Trinajstić information content (AvgIpc) is 3.15. The number of likely N-dealkylation sites (tertiary alicyclic amines) is 2. The van der Waals surface area contributed by atoms with E-state index in [1.807, 2.05) is 40.1 Å². The monoisotopic (exact) mass is 387 g/mol. The van der Waals surface area contributed by atoms with Gasteiger partial charge >= 0.3 is 6.03 Å². The predicted octanol–water partition coefficient (Wildman–Crippen LogP) is 2.99. The molecule has 0 aliphatic carbocycles. The number of para-hydroxylation sites is 1. The van der Waals surface area contributed by atoms with Crippen LogP contribution in [-0.4, -0.2) is 61.1 Å². The van der Waals surface area contributed by atoms with Crippen LogP contribution >= 0.6 is 0 Å². The SMILES string of the molecule is CCCNC(=O)N1C[C@@H](COc2ccccc2)[C@H](C2CCN(C(C)=O)CC2)C1. The third-order valence-corrected chi connectivity index (χ3v) is 6.10. The second kappa shape index (κ2) is 9.80. The second-order valence-electron chi connectivity index (χ2n) is 8.03. The molecule has 2 heterocycles. The molecule has 28 heavy (non-hydrogen) atoms. The van der Waals surface area contributed by atoms with Gasteiger partial charge in [0.05, 0.1) is 6.61 Å². The van der Waals surface area contributed by atoms with Gasteiger partial charge in [0.25, 0.3) is 0 Å². The summed E-state index contributed by atoms with van der Waals surface area (Å²) in [6, 6.07) is 9.92. The highest BCUT2D eigenvalue weighted by molar-refractivity contribution is 5.74. The summed E-state index contributed by atoms with van der Waals surface area (Å²) in [5, 5.41) is 3.01. The summed E-state index contributed by atoms with van der Waals surface area (Å²) in [5.74, 6) is 2.31. The van der Waals surface area contributed by atoms with E-state index >= 15 is 0 Å². The van der Waals surface area contributed by atoms with Gasteiger partial charge in [-0.1, -0.05) is 25.1 Å². The lowest BCUT2D eigenvalue weighted by atomic mass is 9.79. The van der Waals surface area contributed by atoms with Crippen molar-refractivity contribution in [3.63, 3.8) is 0 Å². The third-order valence-electron chi connectivity index (χ3n) is 6.10. The summed E-state index contributed by atoms with van der Waals surface area (Å²) in [6.07, 6.45) is 2.96. The predicted molar refractivity (Wildman–Crippen MR) is 109 cm³/mol. The first-order valence-electron chi connectivity index (χ1n) is 10.5. The molecule has 2 saturated heterocycles. The lowest BCUT2D eigenvalue weighted by Gasteiger charge is -2.36. The number of urea groups is 1. The number of nitrogens with zero attached hydrogens (tertiary/aromatic N) is 2. The number of amides is 3. The molecule has 2 aliphatic rings. The Balaban J connectivity index is 1.63. The maximum atomic E-state index is 12.5. The van der Waals surface area contributed by atoms with E-state index in [1.165, 1.54) is 0 Å². The molecular formula is C22H33N3O3. The zero-order valence-corrected chi connectivity index (χ0v) is 17.1. The summed E-state index contributed by atoms with van der Waals surface area (Å²) in [5.41, 5.74) is 0. The lowest BCUT2D eigenvalue weighted by Crippen LogP contribution is -2.41. The Morgan fingerprint density at radius 3 is 2.46 bits per heavy atom. The number of carbonyl (C=O) groups is 2. The summed E-state index contributed by atoms with van der Waals surface area (Å²) in [7, 11) is 0. The molecule has 0 spiro atoms. The Kier molecular flexibility index (Phi) is 7.18. The van der Waals surface area contributed by atoms with Crippen molar-refractivity contribution in [2.75, 3.05) is 39.3 Å². The van der Waals surface area contributed by atoms with E-state index in [-0.39, 0.29) is 11.9 Å². The van der Waals surface area contributed by atoms with Gasteiger partial charge in [-0.15, -0.1) is 0 Å². The maximum absolute atomic E-state index is 12.5. The fraction of sp³-hybridized carbons (Fsp3) is 0.636. The van der Waals surface area contributed by atoms with Gasteiger partial charge in [0.1, 0.15) is 5.75 Å². The first-order chi connectivity index (χ1) is 13.6. The Labute approximate surface area is 168 Å². The molecular weight excluding hydrogens is 354 g/mol. The molecule has 1 aromatic rings. The molecule has 3 amide bonds. The Hall–Kier alpha value is -2.24. The van der Waals surface area contributed by atoms with Crippen LogP contribution in [0, 0.1) is 17.8 Å². The number of nitrogens with one attached hydrogen (secondary N) is 1. The van der Waals surface area contributed by atoms with Gasteiger partial charge < -0.3 is 19.9 Å². The zero-order chi connectivity index (χ0) is 19.9. The standard InChI is InChI=1S/C22H33N3O3/c1-3-11-23-22(27)25-14-19(16-28-20-7-5-4-6-8-20)21(15-25)18-9-12-24(13-10-18)17(2)26/h4-8,18-19,21H,3,9-16H2,1-2H3,(H,23,27)/t19-,21-/m0/s1. The largest absolute Gasteiger partial charge is 0.493 e. The van der Waals surface area contributed by atoms with Crippen molar-refractivity contribution < 1.29 is 14.3 Å². The van der Waals surface area contributed by atoms with Gasteiger partial charge in [-0.25, -0.2) is 4.79 Å². The van der Waals surface area contributed by atoms with Crippen LogP contribution in [0.2, 0.25) is 0 Å². The van der Waals surface area contributed by atoms with Gasteiger partial charge in [0, 0.05) is 45.6 Å². The summed E-state index contributed by atoms with van der Waals surface area (Å²) < 4.78 is 6.06. The minimum Gasteiger partial charge on any atom is -0.493 e. The van der Waals surface area contributed by atoms with Crippen molar-refractivity contribution in [3.05, 3.63) is 30.3 Å². The third kappa shape index (κ3) is 5.18. The number of benzene rings is 1. The molecule has 6 heteroatoms. The second-order valence-corrected chi connectivity index (χ2v) is 8.03. The van der Waals surface area contributed by atoms with E-state index in [0.717, 1.165) is 51.2 Å². The summed E-state index contributed by atoms with van der Waals surface area (Å²) >= 11 is 0. The van der Waals surface area contributed by atoms with Crippen LogP contribution < -0.4 is 10.1 Å². The van der Waals surface area contributed by atoms with Crippen LogP contribution in [0.25, 0.3) is 0 Å². The van der Waals surface area contributed by atoms with E-state index in [2.05, 4.69) is 12.2 Å². The van der Waals surface area contributed by atoms with Crippen molar-refractivity contribution in [2.24, 2.45) is 17.8 Å². The minimum atomic E-state index is 0.0373.